The van der Waals surface area contributed by atoms with E-state index in [-0.39, 0.29) is 29.3 Å². The van der Waals surface area contributed by atoms with Gasteiger partial charge in [-0.3, -0.25) is 9.59 Å². The lowest BCUT2D eigenvalue weighted by atomic mass is 9.74. The van der Waals surface area contributed by atoms with E-state index in [1.54, 1.807) is 0 Å². The summed E-state index contributed by atoms with van der Waals surface area (Å²) in [5, 5.41) is 5.55. The van der Waals surface area contributed by atoms with E-state index in [9.17, 15) is 14.0 Å². The van der Waals surface area contributed by atoms with Crippen LogP contribution in [0.4, 0.5) is 15.8 Å². The summed E-state index contributed by atoms with van der Waals surface area (Å²) >= 11 is 0. The molecule has 4 N–H and O–H groups in total. The molecule has 5 nitrogen and oxygen atoms in total. The van der Waals surface area contributed by atoms with E-state index in [1.807, 2.05) is 6.92 Å². The molecule has 0 spiro atoms. The molecule has 1 aromatic rings. The van der Waals surface area contributed by atoms with E-state index < -0.39 is 11.4 Å². The summed E-state index contributed by atoms with van der Waals surface area (Å²) in [6.07, 6.45) is 8.51. The smallest absolute Gasteiger partial charge is 0.229 e. The van der Waals surface area contributed by atoms with Crippen LogP contribution in [0.1, 0.15) is 64.7 Å². The number of anilines is 2. The second-order valence-corrected chi connectivity index (χ2v) is 8.31. The van der Waals surface area contributed by atoms with Gasteiger partial charge in [0, 0.05) is 17.1 Å². The lowest BCUT2D eigenvalue weighted by Crippen LogP contribution is -2.51. The molecule has 2 fully saturated rings. The summed E-state index contributed by atoms with van der Waals surface area (Å²) in [7, 11) is 0. The Bertz CT molecular complexity index is 699. The molecule has 2 amide bonds. The Labute approximate surface area is 160 Å². The highest BCUT2D eigenvalue weighted by Crippen LogP contribution is 2.33. The van der Waals surface area contributed by atoms with Crippen molar-refractivity contribution in [1.29, 1.82) is 0 Å². The summed E-state index contributed by atoms with van der Waals surface area (Å²) in [6, 6.07) is 4.28. The van der Waals surface area contributed by atoms with Gasteiger partial charge < -0.3 is 16.4 Å². The number of hydrogen-bond acceptors (Lipinski definition) is 3. The van der Waals surface area contributed by atoms with Crippen LogP contribution in [-0.4, -0.2) is 17.4 Å². The number of hydrogen-bond donors (Lipinski definition) is 3. The fourth-order valence-electron chi connectivity index (χ4n) is 4.32. The van der Waals surface area contributed by atoms with Gasteiger partial charge in [-0.25, -0.2) is 4.39 Å². The van der Waals surface area contributed by atoms with Crippen molar-refractivity contribution in [1.82, 2.24) is 0 Å². The second kappa shape index (κ2) is 8.38. The average molecular weight is 375 g/mol. The van der Waals surface area contributed by atoms with E-state index in [0.717, 1.165) is 57.8 Å². The number of nitrogens with two attached hydrogens (primary N) is 1. The van der Waals surface area contributed by atoms with Gasteiger partial charge in [0.2, 0.25) is 11.8 Å². The molecular formula is C21H30FN3O2. The van der Waals surface area contributed by atoms with Crippen molar-refractivity contribution in [2.24, 2.45) is 17.6 Å². The van der Waals surface area contributed by atoms with Crippen molar-refractivity contribution in [2.75, 3.05) is 10.6 Å². The van der Waals surface area contributed by atoms with Crippen molar-refractivity contribution in [2.45, 2.75) is 70.3 Å². The molecule has 0 bridgehead atoms. The summed E-state index contributed by atoms with van der Waals surface area (Å²) in [6.45, 7) is 1.91. The molecule has 0 saturated heterocycles. The maximum atomic E-state index is 14.2. The minimum absolute atomic E-state index is 0.0587. The molecule has 0 radical (unpaired) electrons. The number of rotatable bonds is 4. The van der Waals surface area contributed by atoms with Crippen molar-refractivity contribution < 1.29 is 14.0 Å². The fourth-order valence-corrected chi connectivity index (χ4v) is 4.32. The summed E-state index contributed by atoms with van der Waals surface area (Å²) in [4.78, 5) is 25.1. The molecule has 3 rings (SSSR count). The van der Waals surface area contributed by atoms with Crippen LogP contribution in [0.5, 0.6) is 0 Å². The SMILES string of the molecule is CC1(N)CCCCC1C(=O)Nc1ccc(F)c(NC(=O)C2CCCCC2)c1. The Morgan fingerprint density at radius 3 is 2.44 bits per heavy atom. The zero-order valence-electron chi connectivity index (χ0n) is 16.0. The van der Waals surface area contributed by atoms with Crippen LogP contribution in [0.15, 0.2) is 18.2 Å². The van der Waals surface area contributed by atoms with Crippen LogP contribution in [-0.2, 0) is 9.59 Å². The van der Waals surface area contributed by atoms with E-state index in [1.165, 1.54) is 18.2 Å². The summed E-state index contributed by atoms with van der Waals surface area (Å²) in [5.41, 5.74) is 6.36. The van der Waals surface area contributed by atoms with Gasteiger partial charge in [-0.05, 0) is 50.8 Å². The minimum Gasteiger partial charge on any atom is -0.326 e. The third-order valence-corrected chi connectivity index (χ3v) is 6.04. The molecule has 0 aromatic heterocycles. The van der Waals surface area contributed by atoms with Crippen molar-refractivity contribution in [3.05, 3.63) is 24.0 Å². The Kier molecular flexibility index (Phi) is 6.15. The standard InChI is InChI=1S/C21H30FN3O2/c1-21(23)12-6-5-9-16(21)20(27)24-15-10-11-17(22)18(13-15)25-19(26)14-7-3-2-4-8-14/h10-11,13-14,16H,2-9,12,23H2,1H3,(H,24,27)(H,25,26). The molecule has 2 atom stereocenters. The molecule has 2 aliphatic carbocycles. The van der Waals surface area contributed by atoms with Crippen LogP contribution >= 0.6 is 0 Å². The monoisotopic (exact) mass is 375 g/mol. The van der Waals surface area contributed by atoms with Crippen molar-refractivity contribution in [3.8, 4) is 0 Å². The van der Waals surface area contributed by atoms with Gasteiger partial charge in [0.15, 0.2) is 0 Å². The molecule has 148 valence electrons. The topological polar surface area (TPSA) is 84.2 Å². The molecular weight excluding hydrogens is 345 g/mol. The molecule has 27 heavy (non-hydrogen) atoms. The Hall–Kier alpha value is -1.95. The first-order valence-electron chi connectivity index (χ1n) is 10.1. The van der Waals surface area contributed by atoms with E-state index in [0.29, 0.717) is 5.69 Å². The predicted octanol–water partition coefficient (Wildman–Crippen LogP) is 4.19. The van der Waals surface area contributed by atoms with Gasteiger partial charge >= 0.3 is 0 Å². The van der Waals surface area contributed by atoms with Crippen LogP contribution in [0, 0.1) is 17.7 Å². The highest BCUT2D eigenvalue weighted by molar-refractivity contribution is 5.96. The summed E-state index contributed by atoms with van der Waals surface area (Å²) in [5.74, 6) is -1.11. The molecule has 6 heteroatoms. The molecule has 0 aliphatic heterocycles. The van der Waals surface area contributed by atoms with Gasteiger partial charge in [0.1, 0.15) is 5.82 Å². The average Bonchev–Trinajstić information content (AvgIpc) is 2.64. The largest absolute Gasteiger partial charge is 0.326 e. The zero-order valence-corrected chi connectivity index (χ0v) is 16.0. The Morgan fingerprint density at radius 2 is 1.74 bits per heavy atom. The van der Waals surface area contributed by atoms with Gasteiger partial charge in [-0.1, -0.05) is 32.1 Å². The minimum atomic E-state index is -0.527. The molecule has 2 unspecified atom stereocenters. The second-order valence-electron chi connectivity index (χ2n) is 8.31. The number of carbonyl (C=O) groups excluding carboxylic acids is 2. The first-order valence-corrected chi connectivity index (χ1v) is 10.1. The normalized spacial score (nSPS) is 26.4. The molecule has 2 aliphatic rings. The quantitative estimate of drug-likeness (QED) is 0.738. The number of amides is 2. The van der Waals surface area contributed by atoms with Gasteiger partial charge in [0.25, 0.3) is 0 Å². The maximum absolute atomic E-state index is 14.2. The third-order valence-electron chi connectivity index (χ3n) is 6.04. The lowest BCUT2D eigenvalue weighted by Gasteiger charge is -2.37. The van der Waals surface area contributed by atoms with E-state index >= 15 is 0 Å². The van der Waals surface area contributed by atoms with Gasteiger partial charge in [-0.15, -0.1) is 0 Å². The van der Waals surface area contributed by atoms with Crippen LogP contribution in [0.3, 0.4) is 0 Å². The predicted molar refractivity (Wildman–Crippen MR) is 105 cm³/mol. The van der Waals surface area contributed by atoms with Crippen molar-refractivity contribution >= 4 is 23.2 Å². The highest BCUT2D eigenvalue weighted by Gasteiger charge is 2.37. The van der Waals surface area contributed by atoms with Crippen LogP contribution in [0.2, 0.25) is 0 Å². The Morgan fingerprint density at radius 1 is 1.04 bits per heavy atom. The Balaban J connectivity index is 1.67. The van der Waals surface area contributed by atoms with Gasteiger partial charge in [-0.2, -0.15) is 0 Å². The summed E-state index contributed by atoms with van der Waals surface area (Å²) < 4.78 is 14.2. The highest BCUT2D eigenvalue weighted by atomic mass is 19.1. The van der Waals surface area contributed by atoms with Gasteiger partial charge in [0.05, 0.1) is 11.6 Å². The van der Waals surface area contributed by atoms with E-state index in [4.69, 9.17) is 5.73 Å². The third kappa shape index (κ3) is 4.86. The zero-order chi connectivity index (χ0) is 19.4. The fraction of sp³-hybridized carbons (Fsp3) is 0.619. The number of nitrogens with one attached hydrogen (secondary N) is 2. The lowest BCUT2D eigenvalue weighted by molar-refractivity contribution is -0.123. The van der Waals surface area contributed by atoms with Crippen LogP contribution < -0.4 is 16.4 Å². The molecule has 2 saturated carbocycles. The first kappa shape index (κ1) is 19.8. The first-order chi connectivity index (χ1) is 12.9. The maximum Gasteiger partial charge on any atom is 0.229 e. The van der Waals surface area contributed by atoms with Crippen molar-refractivity contribution in [3.63, 3.8) is 0 Å². The number of carbonyl (C=O) groups is 2. The number of benzene rings is 1. The van der Waals surface area contributed by atoms with E-state index in [2.05, 4.69) is 10.6 Å². The molecule has 0 heterocycles. The molecule has 1 aromatic carbocycles. The van der Waals surface area contributed by atoms with Crippen LogP contribution in [0.25, 0.3) is 0 Å². The number of halogens is 1.